The van der Waals surface area contributed by atoms with E-state index in [2.05, 4.69) is 15.4 Å². The summed E-state index contributed by atoms with van der Waals surface area (Å²) in [7, 11) is -2.89. The zero-order valence-electron chi connectivity index (χ0n) is 22.4. The van der Waals surface area contributed by atoms with Crippen LogP contribution in [0.2, 0.25) is 5.02 Å². The molecule has 4 rings (SSSR count). The number of benzene rings is 2. The van der Waals surface area contributed by atoms with Crippen LogP contribution in [-0.2, 0) is 19.4 Å². The van der Waals surface area contributed by atoms with Crippen molar-refractivity contribution in [3.8, 4) is 0 Å². The van der Waals surface area contributed by atoms with Crippen LogP contribution in [0.3, 0.4) is 0 Å². The lowest BCUT2D eigenvalue weighted by molar-refractivity contribution is -0.138. The number of halogens is 4. The van der Waals surface area contributed by atoms with Crippen molar-refractivity contribution in [2.24, 2.45) is 5.92 Å². The van der Waals surface area contributed by atoms with Crippen molar-refractivity contribution in [1.29, 1.82) is 0 Å². The molecule has 2 aliphatic heterocycles. The molecule has 2 aromatic carbocycles. The van der Waals surface area contributed by atoms with Gasteiger partial charge in [0.25, 0.3) is 5.91 Å². The smallest absolute Gasteiger partial charge is 0.407 e. The molecule has 222 valence electrons. The molecule has 0 aromatic heterocycles. The van der Waals surface area contributed by atoms with Crippen LogP contribution in [0.15, 0.2) is 35.2 Å². The lowest BCUT2D eigenvalue weighted by Crippen LogP contribution is -2.57. The predicted octanol–water partition coefficient (Wildman–Crippen LogP) is 4.69. The fraction of sp³-hybridized carbons (Fsp3) is 0.444. The van der Waals surface area contributed by atoms with Gasteiger partial charge in [0.1, 0.15) is 6.04 Å². The van der Waals surface area contributed by atoms with E-state index in [0.717, 1.165) is 6.07 Å². The number of carbonyl (C=O) groups is 3. The van der Waals surface area contributed by atoms with Gasteiger partial charge in [-0.2, -0.15) is 0 Å². The Morgan fingerprint density at radius 3 is 2.15 bits per heavy atom. The molecule has 14 heteroatoms. The van der Waals surface area contributed by atoms with Crippen LogP contribution < -0.4 is 10.6 Å². The summed E-state index contributed by atoms with van der Waals surface area (Å²) < 4.78 is 72.5. The molecule has 0 radical (unpaired) electrons. The second-order valence-electron chi connectivity index (χ2n) is 10.5. The van der Waals surface area contributed by atoms with Crippen molar-refractivity contribution in [2.75, 3.05) is 12.4 Å². The van der Waals surface area contributed by atoms with Gasteiger partial charge >= 0.3 is 6.09 Å². The quantitative estimate of drug-likeness (QED) is 0.436. The Balaban J connectivity index is 1.54. The number of nitrogens with one attached hydrogen (secondary N) is 2. The monoisotopic (exact) mass is 615 g/mol. The van der Waals surface area contributed by atoms with E-state index in [0.29, 0.717) is 25.0 Å². The summed E-state index contributed by atoms with van der Waals surface area (Å²) in [5.74, 6) is -6.12. The summed E-state index contributed by atoms with van der Waals surface area (Å²) in [5, 5.41) is 3.77. The van der Waals surface area contributed by atoms with Gasteiger partial charge in [-0.25, -0.2) is 26.4 Å². The molecule has 2 saturated heterocycles. The third-order valence-electron chi connectivity index (χ3n) is 7.52. The maximum atomic E-state index is 13.8. The average Bonchev–Trinajstić information content (AvgIpc) is 3.18. The van der Waals surface area contributed by atoms with Crippen LogP contribution >= 0.6 is 11.6 Å². The normalized spacial score (nSPS) is 21.0. The number of piperidine rings is 1. The summed E-state index contributed by atoms with van der Waals surface area (Å²) in [6, 6.07) is 3.15. The van der Waals surface area contributed by atoms with Gasteiger partial charge in [-0.15, -0.1) is 0 Å². The van der Waals surface area contributed by atoms with Crippen LogP contribution in [0, 0.1) is 23.4 Å². The van der Waals surface area contributed by atoms with Crippen molar-refractivity contribution >= 4 is 45.0 Å². The van der Waals surface area contributed by atoms with Gasteiger partial charge in [-0.05, 0) is 49.8 Å². The van der Waals surface area contributed by atoms with E-state index in [9.17, 15) is 36.0 Å². The first-order valence-electron chi connectivity index (χ1n) is 12.9. The molecule has 3 atom stereocenters. The highest BCUT2D eigenvalue weighted by atomic mass is 35.5. The van der Waals surface area contributed by atoms with Crippen molar-refractivity contribution in [3.05, 3.63) is 58.4 Å². The molecule has 9 nitrogen and oxygen atoms in total. The molecule has 2 aromatic rings. The SMILES string of the molecule is COC(=O)N[C@H](C(=O)N1C2CCC1CC(S(=O)(=O)c1cc(C(=O)Nc3cc(F)c(F)c(F)c3)ccc1Cl)C2)C(C)C. The molecule has 2 heterocycles. The first-order chi connectivity index (χ1) is 19.2. The Morgan fingerprint density at radius 1 is 1.02 bits per heavy atom. The van der Waals surface area contributed by atoms with Crippen LogP contribution in [0.25, 0.3) is 0 Å². The molecule has 0 saturated carbocycles. The first-order valence-corrected chi connectivity index (χ1v) is 14.8. The first kappa shape index (κ1) is 30.6. The summed E-state index contributed by atoms with van der Waals surface area (Å²) in [4.78, 5) is 39.4. The molecule has 2 aliphatic rings. The lowest BCUT2D eigenvalue weighted by atomic mass is 9.97. The summed E-state index contributed by atoms with van der Waals surface area (Å²) in [5.41, 5.74) is -0.511. The number of alkyl carbamates (subject to hydrolysis) is 1. The number of amides is 3. The zero-order chi connectivity index (χ0) is 30.2. The van der Waals surface area contributed by atoms with E-state index >= 15 is 0 Å². The minimum Gasteiger partial charge on any atom is -0.453 e. The third-order valence-corrected chi connectivity index (χ3v) is 10.2. The number of fused-ring (bicyclic) bond motifs is 2. The Kier molecular flexibility index (Phi) is 8.88. The highest BCUT2D eigenvalue weighted by Gasteiger charge is 2.49. The van der Waals surface area contributed by atoms with Gasteiger partial charge in [0, 0.05) is 35.5 Å². The maximum Gasteiger partial charge on any atom is 0.407 e. The number of sulfone groups is 1. The van der Waals surface area contributed by atoms with Crippen molar-refractivity contribution in [1.82, 2.24) is 10.2 Å². The number of hydrogen-bond acceptors (Lipinski definition) is 6. The second kappa shape index (κ2) is 11.9. The van der Waals surface area contributed by atoms with E-state index in [1.807, 2.05) is 0 Å². The van der Waals surface area contributed by atoms with E-state index in [-0.39, 0.29) is 57.9 Å². The van der Waals surface area contributed by atoms with Crippen molar-refractivity contribution in [2.45, 2.75) is 67.8 Å². The van der Waals surface area contributed by atoms with Crippen LogP contribution in [-0.4, -0.2) is 61.7 Å². The molecular weight excluding hydrogens is 587 g/mol. The Labute approximate surface area is 240 Å². The standard InChI is InChI=1S/C27H29ClF3N3O6S/c1-13(2)24(33-27(37)40-3)26(36)34-16-5-6-17(34)12-18(11-16)41(38,39)22-8-14(4-7-19(22)28)25(35)32-15-9-20(29)23(31)21(30)10-15/h4,7-10,13,16-18,24H,5-6,11-12H2,1-3H3,(H,32,35)(H,33,37)/t16?,17?,18?,24-/m0/s1. The molecule has 2 unspecified atom stereocenters. The molecule has 2 fully saturated rings. The minimum atomic E-state index is -4.08. The van der Waals surface area contributed by atoms with Gasteiger partial charge in [0.05, 0.1) is 22.3 Å². The lowest BCUT2D eigenvalue weighted by Gasteiger charge is -2.41. The molecule has 41 heavy (non-hydrogen) atoms. The Bertz CT molecular complexity index is 1450. The minimum absolute atomic E-state index is 0.117. The van der Waals surface area contributed by atoms with Crippen LogP contribution in [0.4, 0.5) is 23.7 Å². The molecule has 0 aliphatic carbocycles. The number of carbonyl (C=O) groups excluding carboxylic acids is 3. The van der Waals surface area contributed by atoms with E-state index in [1.54, 1.807) is 18.7 Å². The van der Waals surface area contributed by atoms with Gasteiger partial charge < -0.3 is 20.3 Å². The number of rotatable bonds is 7. The highest BCUT2D eigenvalue weighted by Crippen LogP contribution is 2.41. The number of ether oxygens (including phenoxy) is 1. The average molecular weight is 616 g/mol. The van der Waals surface area contributed by atoms with E-state index < -0.39 is 50.6 Å². The number of anilines is 1. The highest BCUT2D eigenvalue weighted by molar-refractivity contribution is 7.92. The molecule has 2 bridgehead atoms. The van der Waals surface area contributed by atoms with E-state index in [1.165, 1.54) is 19.2 Å². The largest absolute Gasteiger partial charge is 0.453 e. The summed E-state index contributed by atoms with van der Waals surface area (Å²) in [6.07, 6.45) is 0.706. The van der Waals surface area contributed by atoms with Gasteiger partial charge in [-0.3, -0.25) is 9.59 Å². The van der Waals surface area contributed by atoms with E-state index in [4.69, 9.17) is 11.6 Å². The predicted molar refractivity (Wildman–Crippen MR) is 144 cm³/mol. The maximum absolute atomic E-state index is 13.8. The van der Waals surface area contributed by atoms with Crippen LogP contribution in [0.5, 0.6) is 0 Å². The Morgan fingerprint density at radius 2 is 1.61 bits per heavy atom. The topological polar surface area (TPSA) is 122 Å². The fourth-order valence-corrected chi connectivity index (χ4v) is 7.85. The number of methoxy groups -OCH3 is 1. The number of hydrogen-bond donors (Lipinski definition) is 2. The van der Waals surface area contributed by atoms with Crippen molar-refractivity contribution < 1.29 is 40.7 Å². The van der Waals surface area contributed by atoms with Gasteiger partial charge in [0.2, 0.25) is 5.91 Å². The summed E-state index contributed by atoms with van der Waals surface area (Å²) in [6.45, 7) is 3.57. The molecule has 3 amide bonds. The third kappa shape index (κ3) is 6.15. The molecule has 2 N–H and O–H groups in total. The molecular formula is C27H29ClF3N3O6S. The number of nitrogens with zero attached hydrogens (tertiary/aromatic N) is 1. The second-order valence-corrected chi connectivity index (χ2v) is 13.1. The fourth-order valence-electron chi connectivity index (χ4n) is 5.47. The molecule has 0 spiro atoms. The summed E-state index contributed by atoms with van der Waals surface area (Å²) >= 11 is 6.26. The van der Waals surface area contributed by atoms with Gasteiger partial charge in [-0.1, -0.05) is 25.4 Å². The van der Waals surface area contributed by atoms with Gasteiger partial charge in [0.15, 0.2) is 27.3 Å². The Hall–Kier alpha value is -3.32. The zero-order valence-corrected chi connectivity index (χ0v) is 24.0. The van der Waals surface area contributed by atoms with Crippen molar-refractivity contribution in [3.63, 3.8) is 0 Å². The van der Waals surface area contributed by atoms with Crippen LogP contribution in [0.1, 0.15) is 49.9 Å².